The van der Waals surface area contributed by atoms with Gasteiger partial charge < -0.3 is 25.3 Å². The van der Waals surface area contributed by atoms with Crippen LogP contribution in [0.15, 0.2) is 35.4 Å². The van der Waals surface area contributed by atoms with Crippen molar-refractivity contribution in [3.63, 3.8) is 0 Å². The number of nitrogens with zero attached hydrogens (tertiary/aromatic N) is 4. The molecule has 2 aliphatic carbocycles. The number of aromatic nitrogens is 4. The molecule has 2 fully saturated rings. The Labute approximate surface area is 182 Å². The summed E-state index contributed by atoms with van der Waals surface area (Å²) in [5, 5.41) is 13.0. The summed E-state index contributed by atoms with van der Waals surface area (Å²) in [6.45, 7) is 0. The molecule has 4 atom stereocenters. The first kappa shape index (κ1) is 20.4. The Morgan fingerprint density at radius 3 is 2.84 bits per heavy atom. The highest BCUT2D eigenvalue weighted by atomic mass is 19.1. The second kappa shape index (κ2) is 7.90. The molecule has 3 N–H and O–H groups in total. The molecule has 10 nitrogen and oxygen atoms in total. The maximum atomic E-state index is 13.6. The molecule has 5 rings (SSSR count). The summed E-state index contributed by atoms with van der Waals surface area (Å²) in [4.78, 5) is 30.2. The van der Waals surface area contributed by atoms with Crippen LogP contribution in [0.1, 0.15) is 35.7 Å². The molecule has 168 valence electrons. The van der Waals surface area contributed by atoms with E-state index in [1.54, 1.807) is 43.1 Å². The van der Waals surface area contributed by atoms with Crippen LogP contribution in [0.2, 0.25) is 0 Å². The van der Waals surface area contributed by atoms with E-state index in [2.05, 4.69) is 26.0 Å². The van der Waals surface area contributed by atoms with Gasteiger partial charge in [0.15, 0.2) is 5.65 Å². The number of ether oxygens (including phenoxy) is 1. The largest absolute Gasteiger partial charge is 0.379 e. The number of carbonyl (C=O) groups is 1. The van der Waals surface area contributed by atoms with Crippen LogP contribution in [0, 0.1) is 0 Å². The molecule has 0 saturated heterocycles. The third kappa shape index (κ3) is 3.48. The minimum Gasteiger partial charge on any atom is -0.379 e. The Morgan fingerprint density at radius 1 is 1.34 bits per heavy atom. The van der Waals surface area contributed by atoms with Crippen LogP contribution < -0.4 is 21.5 Å². The van der Waals surface area contributed by atoms with Gasteiger partial charge in [0, 0.05) is 26.4 Å². The fourth-order valence-corrected chi connectivity index (χ4v) is 3.94. The Bertz CT molecular complexity index is 1240. The normalized spacial score (nSPS) is 24.1. The summed E-state index contributed by atoms with van der Waals surface area (Å²) in [5.41, 5.74) is 0.698. The number of hydrogen-bond acceptors (Lipinski definition) is 7. The van der Waals surface area contributed by atoms with Crippen LogP contribution in [0.4, 0.5) is 21.7 Å². The van der Waals surface area contributed by atoms with Crippen LogP contribution in [-0.4, -0.2) is 57.5 Å². The minimum absolute atomic E-state index is 0.0218. The topological polar surface area (TPSA) is 115 Å². The van der Waals surface area contributed by atoms with E-state index in [0.717, 1.165) is 6.42 Å². The molecule has 0 spiro atoms. The summed E-state index contributed by atoms with van der Waals surface area (Å²) < 4.78 is 22.1. The molecule has 0 radical (unpaired) electrons. The highest BCUT2D eigenvalue weighted by Gasteiger charge is 2.39. The third-order valence-corrected chi connectivity index (χ3v) is 6.08. The Kier molecular flexibility index (Phi) is 5.04. The van der Waals surface area contributed by atoms with Crippen molar-refractivity contribution < 1.29 is 13.9 Å². The number of rotatable bonds is 7. The van der Waals surface area contributed by atoms with Crippen LogP contribution in [0.25, 0.3) is 5.65 Å². The smallest absolute Gasteiger partial charge is 0.274 e. The number of methoxy groups -OCH3 is 1. The van der Waals surface area contributed by atoms with Crippen molar-refractivity contribution in [2.45, 2.75) is 43.6 Å². The number of hydrogen-bond donors (Lipinski definition) is 3. The van der Waals surface area contributed by atoms with Crippen LogP contribution in [0.5, 0.6) is 0 Å². The van der Waals surface area contributed by atoms with Crippen molar-refractivity contribution in [1.82, 2.24) is 24.5 Å². The average Bonchev–Trinajstić information content (AvgIpc) is 3.46. The number of alkyl halides is 1. The number of amides is 1. The maximum absolute atomic E-state index is 13.6. The monoisotopic (exact) mass is 441 g/mol. The number of fused-ring (bicyclic) bond motifs is 1. The Hall–Kier alpha value is -3.47. The van der Waals surface area contributed by atoms with Gasteiger partial charge in [-0.25, -0.2) is 9.37 Å². The number of anilines is 3. The van der Waals surface area contributed by atoms with Crippen molar-refractivity contribution in [3.05, 3.63) is 46.5 Å². The fourth-order valence-electron chi connectivity index (χ4n) is 3.94. The van der Waals surface area contributed by atoms with E-state index in [0.29, 0.717) is 35.8 Å². The highest BCUT2D eigenvalue weighted by molar-refractivity contribution is 6.00. The lowest BCUT2D eigenvalue weighted by Gasteiger charge is -2.30. The molecule has 0 unspecified atom stereocenters. The molecule has 3 heterocycles. The summed E-state index contributed by atoms with van der Waals surface area (Å²) in [7, 11) is 3.35. The Balaban J connectivity index is 1.46. The minimum atomic E-state index is -1.02. The average molecular weight is 441 g/mol. The molecule has 0 aromatic carbocycles. The van der Waals surface area contributed by atoms with Crippen molar-refractivity contribution in [2.24, 2.45) is 0 Å². The van der Waals surface area contributed by atoms with E-state index in [4.69, 9.17) is 4.74 Å². The molecule has 2 aliphatic rings. The molecule has 11 heteroatoms. The maximum Gasteiger partial charge on any atom is 0.274 e. The standard InChI is InChI=1S/C21H24FN7O3/c1-23-18-9-17(25-14-4-3-7-28(21(14)31)15-8-16(15)32-2)27-19-11(10-24-29(18)19)20(30)26-13-6-5-12(13)22/h3-4,7,9-10,12-13,15-16,23H,5-6,8H2,1-2H3,(H,25,27)(H,26,30)/t12-,13-,15-,16-/m1/s1. The van der Waals surface area contributed by atoms with Gasteiger partial charge in [0.1, 0.15) is 29.1 Å². The Morgan fingerprint density at radius 2 is 2.19 bits per heavy atom. The molecule has 2 saturated carbocycles. The van der Waals surface area contributed by atoms with Gasteiger partial charge >= 0.3 is 0 Å². The SMILES string of the molecule is CNc1cc(Nc2cccn([C@@H]3C[C@H]3OC)c2=O)nc2c(C(=O)N[C@@H]3CC[C@H]3F)cnn12. The fraction of sp³-hybridized carbons (Fsp3) is 0.429. The molecular formula is C21H24FN7O3. The van der Waals surface area contributed by atoms with Gasteiger partial charge in [-0.3, -0.25) is 9.59 Å². The summed E-state index contributed by atoms with van der Waals surface area (Å²) in [6.07, 6.45) is 4.02. The van der Waals surface area contributed by atoms with Crippen LogP contribution in [-0.2, 0) is 4.74 Å². The van der Waals surface area contributed by atoms with E-state index in [-0.39, 0.29) is 23.3 Å². The highest BCUT2D eigenvalue weighted by Crippen LogP contribution is 2.37. The van der Waals surface area contributed by atoms with Crippen molar-refractivity contribution >= 4 is 28.9 Å². The first-order chi connectivity index (χ1) is 15.5. The predicted octanol–water partition coefficient (Wildman–Crippen LogP) is 1.87. The summed E-state index contributed by atoms with van der Waals surface area (Å²) >= 11 is 0. The first-order valence-electron chi connectivity index (χ1n) is 10.5. The zero-order chi connectivity index (χ0) is 22.4. The van der Waals surface area contributed by atoms with Crippen molar-refractivity contribution in [3.8, 4) is 0 Å². The lowest BCUT2D eigenvalue weighted by atomic mass is 9.90. The van der Waals surface area contributed by atoms with Gasteiger partial charge in [0.25, 0.3) is 11.5 Å². The van der Waals surface area contributed by atoms with Crippen LogP contribution >= 0.6 is 0 Å². The molecule has 3 aromatic heterocycles. The quantitative estimate of drug-likeness (QED) is 0.513. The zero-order valence-electron chi connectivity index (χ0n) is 17.7. The number of halogens is 1. The van der Waals surface area contributed by atoms with Crippen molar-refractivity contribution in [1.29, 1.82) is 0 Å². The second-order valence-electron chi connectivity index (χ2n) is 8.08. The van der Waals surface area contributed by atoms with Gasteiger partial charge in [-0.1, -0.05) is 0 Å². The van der Waals surface area contributed by atoms with Crippen molar-refractivity contribution in [2.75, 3.05) is 24.8 Å². The zero-order valence-corrected chi connectivity index (χ0v) is 17.7. The van der Waals surface area contributed by atoms with E-state index in [1.807, 2.05) is 0 Å². The van der Waals surface area contributed by atoms with E-state index >= 15 is 0 Å². The summed E-state index contributed by atoms with van der Waals surface area (Å²) in [5.74, 6) is 0.513. The van der Waals surface area contributed by atoms with E-state index in [1.165, 1.54) is 10.7 Å². The van der Waals surface area contributed by atoms with Gasteiger partial charge in [-0.05, 0) is 31.4 Å². The molecule has 3 aromatic rings. The first-order valence-corrected chi connectivity index (χ1v) is 10.5. The lowest BCUT2D eigenvalue weighted by Crippen LogP contribution is -2.48. The molecular weight excluding hydrogens is 417 g/mol. The van der Waals surface area contributed by atoms with E-state index in [9.17, 15) is 14.0 Å². The third-order valence-electron chi connectivity index (χ3n) is 6.08. The number of carbonyl (C=O) groups excluding carboxylic acids is 1. The number of nitrogens with one attached hydrogen (secondary N) is 3. The lowest BCUT2D eigenvalue weighted by molar-refractivity contribution is 0.0826. The molecule has 1 amide bonds. The van der Waals surface area contributed by atoms with Gasteiger partial charge in [0.2, 0.25) is 0 Å². The molecule has 32 heavy (non-hydrogen) atoms. The molecule has 0 aliphatic heterocycles. The molecule has 0 bridgehead atoms. The van der Waals surface area contributed by atoms with Gasteiger partial charge in [-0.2, -0.15) is 9.61 Å². The summed E-state index contributed by atoms with van der Waals surface area (Å²) in [6, 6.07) is 4.69. The van der Waals surface area contributed by atoms with Gasteiger partial charge in [-0.15, -0.1) is 0 Å². The van der Waals surface area contributed by atoms with Gasteiger partial charge in [0.05, 0.1) is 24.4 Å². The number of pyridine rings is 1. The van der Waals surface area contributed by atoms with Crippen LogP contribution in [0.3, 0.4) is 0 Å². The predicted molar refractivity (Wildman–Crippen MR) is 116 cm³/mol. The second-order valence-corrected chi connectivity index (χ2v) is 8.08. The van der Waals surface area contributed by atoms with E-state index < -0.39 is 18.1 Å².